The number of nitrogens with zero attached hydrogens (tertiary/aromatic N) is 1. The van der Waals surface area contributed by atoms with E-state index in [0.29, 0.717) is 12.5 Å². The molecule has 2 rings (SSSR count). The van der Waals surface area contributed by atoms with Crippen LogP contribution >= 0.6 is 0 Å². The van der Waals surface area contributed by atoms with E-state index in [1.54, 1.807) is 0 Å². The largest absolute Gasteiger partial charge is 0.353 e. The van der Waals surface area contributed by atoms with E-state index in [0.717, 1.165) is 16.4 Å². The molecule has 0 aliphatic carbocycles. The van der Waals surface area contributed by atoms with Crippen LogP contribution in [0.15, 0.2) is 23.1 Å². The van der Waals surface area contributed by atoms with E-state index in [9.17, 15) is 22.0 Å². The molecule has 0 saturated carbocycles. The number of piperazine rings is 1. The molecule has 1 amide bonds. The number of carbonyl (C=O) groups excluding carboxylic acids is 1. The fourth-order valence-electron chi connectivity index (χ4n) is 2.47. The molecule has 1 atom stereocenters. The molecule has 1 unspecified atom stereocenters. The van der Waals surface area contributed by atoms with Gasteiger partial charge in [-0.2, -0.15) is 4.31 Å². The van der Waals surface area contributed by atoms with E-state index in [2.05, 4.69) is 5.32 Å². The Bertz CT molecular complexity index is 656. The summed E-state index contributed by atoms with van der Waals surface area (Å²) in [5, 5.41) is 2.62. The molecule has 0 bridgehead atoms. The van der Waals surface area contributed by atoms with Crippen molar-refractivity contribution in [2.45, 2.75) is 31.2 Å². The van der Waals surface area contributed by atoms with Crippen molar-refractivity contribution in [1.82, 2.24) is 9.62 Å². The second kappa shape index (κ2) is 6.29. The lowest BCUT2D eigenvalue weighted by Gasteiger charge is -2.34. The van der Waals surface area contributed by atoms with Crippen molar-refractivity contribution in [1.29, 1.82) is 0 Å². The van der Waals surface area contributed by atoms with Crippen LogP contribution in [0.3, 0.4) is 0 Å². The SMILES string of the molecule is CC(C)CC1C(=O)NCCN1S(=O)(=O)c1cc(F)cc(F)c1. The van der Waals surface area contributed by atoms with Gasteiger partial charge in [0.15, 0.2) is 0 Å². The standard InChI is InChI=1S/C14H18F2N2O3S/c1-9(2)5-13-14(19)17-3-4-18(13)22(20,21)12-7-10(15)6-11(16)8-12/h6-9,13H,3-5H2,1-2H3,(H,17,19). The fourth-order valence-corrected chi connectivity index (χ4v) is 4.11. The zero-order valence-corrected chi connectivity index (χ0v) is 13.2. The molecule has 8 heteroatoms. The molecule has 1 aliphatic heterocycles. The molecule has 0 spiro atoms. The predicted molar refractivity (Wildman–Crippen MR) is 76.5 cm³/mol. The van der Waals surface area contributed by atoms with Gasteiger partial charge in [-0.3, -0.25) is 4.79 Å². The fraction of sp³-hybridized carbons (Fsp3) is 0.500. The van der Waals surface area contributed by atoms with Gasteiger partial charge in [0.1, 0.15) is 17.7 Å². The molecule has 1 aliphatic rings. The predicted octanol–water partition coefficient (Wildman–Crippen LogP) is 1.50. The summed E-state index contributed by atoms with van der Waals surface area (Å²) in [5.41, 5.74) is 0. The number of benzene rings is 1. The van der Waals surface area contributed by atoms with Crippen LogP contribution in [-0.4, -0.2) is 37.8 Å². The van der Waals surface area contributed by atoms with Crippen LogP contribution in [0.25, 0.3) is 0 Å². The minimum atomic E-state index is -4.14. The first kappa shape index (κ1) is 16.8. The highest BCUT2D eigenvalue weighted by atomic mass is 32.2. The molecule has 0 radical (unpaired) electrons. The lowest BCUT2D eigenvalue weighted by molar-refractivity contribution is -0.127. The van der Waals surface area contributed by atoms with Gasteiger partial charge in [0.05, 0.1) is 4.90 Å². The summed E-state index contributed by atoms with van der Waals surface area (Å²) >= 11 is 0. The van der Waals surface area contributed by atoms with Crippen molar-refractivity contribution in [2.24, 2.45) is 5.92 Å². The Morgan fingerprint density at radius 2 is 1.86 bits per heavy atom. The lowest BCUT2D eigenvalue weighted by Crippen LogP contribution is -2.57. The highest BCUT2D eigenvalue weighted by Gasteiger charge is 2.38. The van der Waals surface area contributed by atoms with Crippen LogP contribution in [-0.2, 0) is 14.8 Å². The summed E-state index contributed by atoms with van der Waals surface area (Å²) in [7, 11) is -4.14. The van der Waals surface area contributed by atoms with E-state index in [4.69, 9.17) is 0 Å². The average Bonchev–Trinajstić information content (AvgIpc) is 2.39. The van der Waals surface area contributed by atoms with E-state index < -0.39 is 32.6 Å². The second-order valence-corrected chi connectivity index (χ2v) is 7.55. The maximum atomic E-state index is 13.3. The van der Waals surface area contributed by atoms with Gasteiger partial charge in [-0.25, -0.2) is 17.2 Å². The highest BCUT2D eigenvalue weighted by Crippen LogP contribution is 2.24. The summed E-state index contributed by atoms with van der Waals surface area (Å²) < 4.78 is 52.9. The smallest absolute Gasteiger partial charge is 0.244 e. The first-order valence-electron chi connectivity index (χ1n) is 6.97. The van der Waals surface area contributed by atoms with Gasteiger partial charge in [-0.15, -0.1) is 0 Å². The number of carbonyl (C=O) groups is 1. The van der Waals surface area contributed by atoms with Crippen LogP contribution in [0.1, 0.15) is 20.3 Å². The normalized spacial score (nSPS) is 20.2. The summed E-state index contributed by atoms with van der Waals surface area (Å²) in [5.74, 6) is -2.24. The second-order valence-electron chi connectivity index (χ2n) is 5.66. The van der Waals surface area contributed by atoms with E-state index in [1.807, 2.05) is 13.8 Å². The summed E-state index contributed by atoms with van der Waals surface area (Å²) in [6.45, 7) is 3.98. The minimum absolute atomic E-state index is 0.0730. The first-order valence-corrected chi connectivity index (χ1v) is 8.41. The number of hydrogen-bond acceptors (Lipinski definition) is 3. The van der Waals surface area contributed by atoms with Crippen molar-refractivity contribution in [3.63, 3.8) is 0 Å². The van der Waals surface area contributed by atoms with Crippen LogP contribution in [0.2, 0.25) is 0 Å². The monoisotopic (exact) mass is 332 g/mol. The number of amides is 1. The third-order valence-electron chi connectivity index (χ3n) is 3.42. The zero-order chi connectivity index (χ0) is 16.5. The molecule has 1 aromatic rings. The molecule has 22 heavy (non-hydrogen) atoms. The minimum Gasteiger partial charge on any atom is -0.353 e. The topological polar surface area (TPSA) is 66.5 Å². The molecular formula is C14H18F2N2O3S. The number of nitrogens with one attached hydrogen (secondary N) is 1. The Hall–Kier alpha value is -1.54. The van der Waals surface area contributed by atoms with Crippen LogP contribution in [0.5, 0.6) is 0 Å². The van der Waals surface area contributed by atoms with Gasteiger partial charge in [-0.1, -0.05) is 13.8 Å². The quantitative estimate of drug-likeness (QED) is 0.909. The van der Waals surface area contributed by atoms with Crippen molar-refractivity contribution < 1.29 is 22.0 Å². The number of hydrogen-bond donors (Lipinski definition) is 1. The maximum Gasteiger partial charge on any atom is 0.244 e. The molecule has 1 heterocycles. The Labute approximate surface area is 128 Å². The summed E-state index contributed by atoms with van der Waals surface area (Å²) in [4.78, 5) is 11.5. The van der Waals surface area contributed by atoms with Gasteiger partial charge in [-0.05, 0) is 24.5 Å². The van der Waals surface area contributed by atoms with Crippen molar-refractivity contribution in [3.8, 4) is 0 Å². The molecule has 1 aromatic carbocycles. The molecule has 122 valence electrons. The van der Waals surface area contributed by atoms with E-state index in [1.165, 1.54) is 0 Å². The van der Waals surface area contributed by atoms with Gasteiger partial charge >= 0.3 is 0 Å². The maximum absolute atomic E-state index is 13.3. The Kier molecular flexibility index (Phi) is 4.81. The Morgan fingerprint density at radius 3 is 2.41 bits per heavy atom. The number of halogens is 2. The number of rotatable bonds is 4. The first-order chi connectivity index (χ1) is 10.2. The van der Waals surface area contributed by atoms with Gasteiger partial charge in [0, 0.05) is 19.2 Å². The molecular weight excluding hydrogens is 314 g/mol. The van der Waals surface area contributed by atoms with E-state index >= 15 is 0 Å². The van der Waals surface area contributed by atoms with Crippen molar-refractivity contribution in [3.05, 3.63) is 29.8 Å². The molecule has 5 nitrogen and oxygen atoms in total. The van der Waals surface area contributed by atoms with Gasteiger partial charge < -0.3 is 5.32 Å². The Morgan fingerprint density at radius 1 is 1.27 bits per heavy atom. The highest BCUT2D eigenvalue weighted by molar-refractivity contribution is 7.89. The molecule has 1 N–H and O–H groups in total. The van der Waals surface area contributed by atoms with E-state index in [-0.39, 0.29) is 24.9 Å². The van der Waals surface area contributed by atoms with Gasteiger partial charge in [0.25, 0.3) is 0 Å². The van der Waals surface area contributed by atoms with Crippen molar-refractivity contribution in [2.75, 3.05) is 13.1 Å². The Balaban J connectivity index is 2.42. The lowest BCUT2D eigenvalue weighted by atomic mass is 10.0. The van der Waals surface area contributed by atoms with Crippen LogP contribution in [0, 0.1) is 17.6 Å². The van der Waals surface area contributed by atoms with Crippen LogP contribution < -0.4 is 5.32 Å². The third-order valence-corrected chi connectivity index (χ3v) is 5.30. The molecule has 0 aromatic heterocycles. The number of sulfonamides is 1. The van der Waals surface area contributed by atoms with Crippen LogP contribution in [0.4, 0.5) is 8.78 Å². The average molecular weight is 332 g/mol. The molecule has 1 fully saturated rings. The van der Waals surface area contributed by atoms with Crippen molar-refractivity contribution >= 4 is 15.9 Å². The van der Waals surface area contributed by atoms with Gasteiger partial charge in [0.2, 0.25) is 15.9 Å². The summed E-state index contributed by atoms with van der Waals surface area (Å²) in [6.07, 6.45) is 0.336. The molecule has 1 saturated heterocycles. The summed E-state index contributed by atoms with van der Waals surface area (Å²) in [6, 6.07) is 1.26. The zero-order valence-electron chi connectivity index (χ0n) is 12.3. The third kappa shape index (κ3) is 3.44.